The Kier molecular flexibility index (Phi) is 5.50. The van der Waals surface area contributed by atoms with E-state index in [-0.39, 0.29) is 0 Å². The molecule has 7 heteroatoms. The molecule has 0 fully saturated rings. The van der Waals surface area contributed by atoms with E-state index in [9.17, 15) is 0 Å². The molecular formula is C2H5N3S4. The standard InChI is InChI=1S/C2H5N3S4/c3-1(6)8-9-2(7)5-4/h4H2,(H2,3,6)(H,5,7). The molecule has 0 aliphatic heterocycles. The van der Waals surface area contributed by atoms with E-state index in [2.05, 4.69) is 29.9 Å². The minimum Gasteiger partial charge on any atom is -0.384 e. The van der Waals surface area contributed by atoms with Crippen molar-refractivity contribution in [1.29, 1.82) is 0 Å². The van der Waals surface area contributed by atoms with E-state index in [1.807, 2.05) is 0 Å². The minimum absolute atomic E-state index is 0.345. The molecule has 5 N–H and O–H groups in total. The van der Waals surface area contributed by atoms with Crippen LogP contribution in [-0.2, 0) is 0 Å². The zero-order valence-electron chi connectivity index (χ0n) is 4.29. The summed E-state index contributed by atoms with van der Waals surface area (Å²) >= 11 is 9.22. The van der Waals surface area contributed by atoms with Gasteiger partial charge >= 0.3 is 0 Å². The Bertz CT molecular complexity index is 123. The highest BCUT2D eigenvalue weighted by atomic mass is 33.1. The molecule has 52 valence electrons. The molecular weight excluding hydrogens is 194 g/mol. The lowest BCUT2D eigenvalue weighted by Gasteiger charge is -1.97. The first-order valence-electron chi connectivity index (χ1n) is 1.81. The van der Waals surface area contributed by atoms with E-state index in [4.69, 9.17) is 11.6 Å². The van der Waals surface area contributed by atoms with Crippen LogP contribution in [0.15, 0.2) is 0 Å². The molecule has 0 aliphatic carbocycles. The molecule has 0 atom stereocenters. The van der Waals surface area contributed by atoms with Crippen LogP contribution in [-0.4, -0.2) is 8.64 Å². The van der Waals surface area contributed by atoms with Crippen LogP contribution < -0.4 is 17.0 Å². The lowest BCUT2D eigenvalue weighted by atomic mass is 11.5. The SMILES string of the molecule is NNC(=S)SSC(N)=S. The van der Waals surface area contributed by atoms with Gasteiger partial charge in [-0.3, -0.25) is 0 Å². The van der Waals surface area contributed by atoms with Crippen LogP contribution in [0.5, 0.6) is 0 Å². The summed E-state index contributed by atoms with van der Waals surface area (Å²) in [5.74, 6) is 4.95. The predicted octanol–water partition coefficient (Wildman–Crippen LogP) is 0.360. The van der Waals surface area contributed by atoms with Crippen LogP contribution in [0.3, 0.4) is 0 Å². The van der Waals surface area contributed by atoms with Crippen molar-refractivity contribution >= 4 is 54.7 Å². The fraction of sp³-hybridized carbons (Fsp3) is 0. The number of nitrogens with one attached hydrogen (secondary N) is 1. The molecule has 0 aromatic heterocycles. The predicted molar refractivity (Wildman–Crippen MR) is 51.9 cm³/mol. The summed E-state index contributed by atoms with van der Waals surface area (Å²) in [7, 11) is 2.44. The summed E-state index contributed by atoms with van der Waals surface area (Å²) in [4.78, 5) is 0. The lowest BCUT2D eigenvalue weighted by Crippen LogP contribution is -2.25. The maximum absolute atomic E-state index is 5.14. The van der Waals surface area contributed by atoms with E-state index < -0.39 is 0 Å². The van der Waals surface area contributed by atoms with Gasteiger partial charge in [-0.1, -0.05) is 24.4 Å². The lowest BCUT2D eigenvalue weighted by molar-refractivity contribution is 1.07. The summed E-state index contributed by atoms with van der Waals surface area (Å²) in [6, 6.07) is 0. The maximum atomic E-state index is 5.14. The molecule has 0 rings (SSSR count). The maximum Gasteiger partial charge on any atom is 0.158 e. The van der Waals surface area contributed by atoms with Crippen LogP contribution in [0.25, 0.3) is 0 Å². The van der Waals surface area contributed by atoms with Crippen LogP contribution in [0.4, 0.5) is 0 Å². The van der Waals surface area contributed by atoms with Crippen molar-refractivity contribution in [2.24, 2.45) is 11.6 Å². The molecule has 0 amide bonds. The second-order valence-electron chi connectivity index (χ2n) is 0.917. The first kappa shape index (κ1) is 9.44. The van der Waals surface area contributed by atoms with Crippen molar-refractivity contribution in [3.8, 4) is 0 Å². The summed E-state index contributed by atoms with van der Waals surface area (Å²) in [5, 5.41) is 0. The normalized spacial score (nSPS) is 8.56. The molecule has 3 nitrogen and oxygen atoms in total. The van der Waals surface area contributed by atoms with Gasteiger partial charge in [0, 0.05) is 0 Å². The molecule has 0 spiro atoms. The van der Waals surface area contributed by atoms with Gasteiger partial charge in [-0.25, -0.2) is 5.84 Å². The van der Waals surface area contributed by atoms with Gasteiger partial charge in [0.05, 0.1) is 0 Å². The van der Waals surface area contributed by atoms with E-state index in [0.717, 1.165) is 0 Å². The Hall–Kier alpha value is 0.440. The van der Waals surface area contributed by atoms with E-state index >= 15 is 0 Å². The molecule has 0 aliphatic rings. The quantitative estimate of drug-likeness (QED) is 0.225. The second-order valence-corrected chi connectivity index (χ2v) is 4.46. The highest BCUT2D eigenvalue weighted by Crippen LogP contribution is 2.20. The molecule has 0 heterocycles. The van der Waals surface area contributed by atoms with Gasteiger partial charge < -0.3 is 11.2 Å². The molecule has 0 unspecified atom stereocenters. The zero-order valence-corrected chi connectivity index (χ0v) is 7.55. The fourth-order valence-electron chi connectivity index (χ4n) is 0.103. The number of rotatable bonds is 0. The first-order chi connectivity index (χ1) is 4.16. The summed E-state index contributed by atoms with van der Waals surface area (Å²) < 4.78 is 0.811. The molecule has 0 aromatic carbocycles. The van der Waals surface area contributed by atoms with Crippen molar-refractivity contribution in [2.45, 2.75) is 0 Å². The molecule has 0 saturated carbocycles. The van der Waals surface area contributed by atoms with Crippen molar-refractivity contribution in [2.75, 3.05) is 0 Å². The van der Waals surface area contributed by atoms with E-state index in [1.54, 1.807) is 0 Å². The molecule has 9 heavy (non-hydrogen) atoms. The average molecular weight is 199 g/mol. The third-order valence-electron chi connectivity index (χ3n) is 0.317. The Labute approximate surface area is 71.7 Å². The third kappa shape index (κ3) is 6.32. The van der Waals surface area contributed by atoms with Crippen molar-refractivity contribution in [1.82, 2.24) is 5.43 Å². The van der Waals surface area contributed by atoms with Crippen molar-refractivity contribution in [3.05, 3.63) is 0 Å². The van der Waals surface area contributed by atoms with Crippen LogP contribution in [0.2, 0.25) is 0 Å². The van der Waals surface area contributed by atoms with Crippen LogP contribution >= 0.6 is 46.0 Å². The minimum atomic E-state index is 0.345. The van der Waals surface area contributed by atoms with Gasteiger partial charge in [0.15, 0.2) is 4.32 Å². The number of hydrazine groups is 1. The van der Waals surface area contributed by atoms with Crippen molar-refractivity contribution in [3.63, 3.8) is 0 Å². The van der Waals surface area contributed by atoms with Gasteiger partial charge in [-0.15, -0.1) is 0 Å². The molecule has 0 saturated heterocycles. The summed E-state index contributed by atoms with van der Waals surface area (Å²) in [5.41, 5.74) is 7.42. The van der Waals surface area contributed by atoms with Crippen molar-refractivity contribution < 1.29 is 0 Å². The fourth-order valence-corrected chi connectivity index (χ4v) is 1.54. The second kappa shape index (κ2) is 5.24. The third-order valence-corrected chi connectivity index (χ3v) is 3.37. The van der Waals surface area contributed by atoms with Gasteiger partial charge in [0.2, 0.25) is 0 Å². The number of hydrogen-bond acceptors (Lipinski definition) is 5. The van der Waals surface area contributed by atoms with E-state index in [0.29, 0.717) is 8.64 Å². The first-order valence-corrected chi connectivity index (χ1v) is 4.78. The topological polar surface area (TPSA) is 64.1 Å². The molecule has 0 aromatic rings. The summed E-state index contributed by atoms with van der Waals surface area (Å²) in [6.07, 6.45) is 0. The molecule has 0 radical (unpaired) electrons. The van der Waals surface area contributed by atoms with Gasteiger partial charge in [0.1, 0.15) is 4.32 Å². The smallest absolute Gasteiger partial charge is 0.158 e. The Morgan fingerprint density at radius 1 is 1.33 bits per heavy atom. The number of nitrogens with two attached hydrogens (primary N) is 2. The van der Waals surface area contributed by atoms with Crippen LogP contribution in [0, 0.1) is 0 Å². The average Bonchev–Trinajstić information content (AvgIpc) is 1.83. The highest BCUT2D eigenvalue weighted by molar-refractivity contribution is 8.89. The van der Waals surface area contributed by atoms with Gasteiger partial charge in [-0.2, -0.15) is 0 Å². The Morgan fingerprint density at radius 3 is 2.22 bits per heavy atom. The number of hydrogen-bond donors (Lipinski definition) is 3. The Morgan fingerprint density at radius 2 is 1.89 bits per heavy atom. The number of thiocarbonyl (C=S) groups is 2. The van der Waals surface area contributed by atoms with Gasteiger partial charge in [-0.05, 0) is 21.6 Å². The zero-order chi connectivity index (χ0) is 7.28. The summed E-state index contributed by atoms with van der Waals surface area (Å²) in [6.45, 7) is 0. The van der Waals surface area contributed by atoms with Gasteiger partial charge in [0.25, 0.3) is 0 Å². The Balaban J connectivity index is 3.28. The largest absolute Gasteiger partial charge is 0.384 e. The van der Waals surface area contributed by atoms with E-state index in [1.165, 1.54) is 21.6 Å². The van der Waals surface area contributed by atoms with Crippen LogP contribution in [0.1, 0.15) is 0 Å². The monoisotopic (exact) mass is 199 g/mol. The molecule has 0 bridgehead atoms. The highest BCUT2D eigenvalue weighted by Gasteiger charge is 1.95.